The number of carbonyl (C=O) groups excluding carboxylic acids is 1. The molecule has 2 unspecified atom stereocenters. The van der Waals surface area contributed by atoms with Gasteiger partial charge in [-0.2, -0.15) is 0 Å². The summed E-state index contributed by atoms with van der Waals surface area (Å²) in [4.78, 5) is 18.5. The maximum atomic E-state index is 12.2. The summed E-state index contributed by atoms with van der Waals surface area (Å²) in [6, 6.07) is 0.261. The van der Waals surface area contributed by atoms with Crippen LogP contribution >= 0.6 is 0 Å². The zero-order valence-corrected chi connectivity index (χ0v) is 11.0. The third-order valence-corrected chi connectivity index (χ3v) is 3.51. The molecule has 1 fully saturated rings. The minimum Gasteiger partial charge on any atom is -0.334 e. The lowest BCUT2D eigenvalue weighted by atomic mass is 10.0. The number of amides is 1. The zero-order valence-electron chi connectivity index (χ0n) is 11.0. The highest BCUT2D eigenvalue weighted by Gasteiger charge is 2.32. The van der Waals surface area contributed by atoms with Crippen LogP contribution < -0.4 is 0 Å². The van der Waals surface area contributed by atoms with Crippen molar-refractivity contribution in [2.45, 2.75) is 52.5 Å². The molecule has 16 heavy (non-hydrogen) atoms. The average molecular weight is 224 g/mol. The Kier molecular flexibility index (Phi) is 4.97. The lowest BCUT2D eigenvalue weighted by Gasteiger charge is -2.27. The molecule has 1 saturated heterocycles. The van der Waals surface area contributed by atoms with Crippen LogP contribution in [-0.4, -0.2) is 36.2 Å². The molecule has 1 aliphatic rings. The van der Waals surface area contributed by atoms with E-state index in [-0.39, 0.29) is 12.0 Å². The van der Waals surface area contributed by atoms with E-state index in [2.05, 4.69) is 11.9 Å². The van der Waals surface area contributed by atoms with Crippen molar-refractivity contribution in [2.75, 3.05) is 13.6 Å². The highest BCUT2D eigenvalue weighted by Crippen LogP contribution is 2.22. The van der Waals surface area contributed by atoms with E-state index in [1.807, 2.05) is 25.8 Å². The maximum Gasteiger partial charge on any atom is 0.225 e. The number of rotatable bonds is 4. The van der Waals surface area contributed by atoms with Crippen molar-refractivity contribution in [1.29, 1.82) is 0 Å². The molecule has 0 N–H and O–H groups in total. The summed E-state index contributed by atoms with van der Waals surface area (Å²) in [5.74, 6) is 0.475. The average Bonchev–Trinajstić information content (AvgIpc) is 2.76. The molecule has 0 aliphatic carbocycles. The second kappa shape index (κ2) is 6.02. The van der Waals surface area contributed by atoms with E-state index in [4.69, 9.17) is 0 Å². The Hall–Kier alpha value is -0.860. The number of nitrogens with zero attached hydrogens (tertiary/aromatic N) is 2. The number of aliphatic imine (C=N–C) groups is 1. The van der Waals surface area contributed by atoms with Crippen LogP contribution in [-0.2, 0) is 4.79 Å². The molecule has 92 valence electrons. The first kappa shape index (κ1) is 13.2. The summed E-state index contributed by atoms with van der Waals surface area (Å²) in [6.45, 7) is 7.11. The SMILES string of the molecule is CCCC(C)C(=O)N1CCCC1C(C)=NC. The Morgan fingerprint density at radius 2 is 2.25 bits per heavy atom. The minimum absolute atomic E-state index is 0.162. The first-order chi connectivity index (χ1) is 7.61. The number of hydrogen-bond donors (Lipinski definition) is 0. The molecule has 0 spiro atoms. The van der Waals surface area contributed by atoms with Crippen molar-refractivity contribution in [3.05, 3.63) is 0 Å². The summed E-state index contributed by atoms with van der Waals surface area (Å²) in [5.41, 5.74) is 1.09. The predicted molar refractivity (Wildman–Crippen MR) is 67.8 cm³/mol. The molecule has 1 heterocycles. The van der Waals surface area contributed by atoms with Gasteiger partial charge in [0.1, 0.15) is 0 Å². The minimum atomic E-state index is 0.162. The topological polar surface area (TPSA) is 32.7 Å². The van der Waals surface area contributed by atoms with Gasteiger partial charge in [0.05, 0.1) is 6.04 Å². The molecule has 0 aromatic rings. The zero-order chi connectivity index (χ0) is 12.1. The lowest BCUT2D eigenvalue weighted by molar-refractivity contribution is -0.135. The van der Waals surface area contributed by atoms with E-state index in [1.165, 1.54) is 0 Å². The second-order valence-electron chi connectivity index (χ2n) is 4.74. The fourth-order valence-corrected chi connectivity index (χ4v) is 2.45. The molecule has 2 atom stereocenters. The lowest BCUT2D eigenvalue weighted by Crippen LogP contribution is -2.42. The highest BCUT2D eigenvalue weighted by atomic mass is 16.2. The van der Waals surface area contributed by atoms with E-state index in [9.17, 15) is 4.79 Å². The van der Waals surface area contributed by atoms with Gasteiger partial charge in [0.15, 0.2) is 0 Å². The van der Waals surface area contributed by atoms with Crippen molar-refractivity contribution in [1.82, 2.24) is 4.90 Å². The van der Waals surface area contributed by atoms with Crippen molar-refractivity contribution >= 4 is 11.6 Å². The largest absolute Gasteiger partial charge is 0.334 e. The Morgan fingerprint density at radius 1 is 1.56 bits per heavy atom. The quantitative estimate of drug-likeness (QED) is 0.675. The molecule has 1 rings (SSSR count). The number of likely N-dealkylation sites (tertiary alicyclic amines) is 1. The molecule has 1 aliphatic heterocycles. The summed E-state index contributed by atoms with van der Waals surface area (Å²) in [6.07, 6.45) is 4.26. The van der Waals surface area contributed by atoms with Gasteiger partial charge in [0, 0.05) is 25.2 Å². The monoisotopic (exact) mass is 224 g/mol. The molecule has 0 bridgehead atoms. The van der Waals surface area contributed by atoms with Gasteiger partial charge in [-0.25, -0.2) is 0 Å². The van der Waals surface area contributed by atoms with Crippen LogP contribution in [0.4, 0.5) is 0 Å². The van der Waals surface area contributed by atoms with Gasteiger partial charge in [-0.1, -0.05) is 20.3 Å². The predicted octanol–water partition coefficient (Wildman–Crippen LogP) is 2.50. The van der Waals surface area contributed by atoms with Gasteiger partial charge in [-0.15, -0.1) is 0 Å². The van der Waals surface area contributed by atoms with Gasteiger partial charge in [-0.05, 0) is 26.2 Å². The van der Waals surface area contributed by atoms with Crippen LogP contribution in [0.25, 0.3) is 0 Å². The van der Waals surface area contributed by atoms with E-state index < -0.39 is 0 Å². The van der Waals surface area contributed by atoms with Gasteiger partial charge < -0.3 is 4.90 Å². The van der Waals surface area contributed by atoms with Crippen LogP contribution in [0, 0.1) is 5.92 Å². The van der Waals surface area contributed by atoms with E-state index in [0.717, 1.165) is 37.9 Å². The molecule has 0 radical (unpaired) electrons. The Balaban J connectivity index is 2.68. The molecule has 1 amide bonds. The molecular formula is C13H24N2O. The van der Waals surface area contributed by atoms with Gasteiger partial charge in [0.25, 0.3) is 0 Å². The molecule has 0 aromatic heterocycles. The van der Waals surface area contributed by atoms with E-state index in [1.54, 1.807) is 0 Å². The summed E-state index contributed by atoms with van der Waals surface area (Å²) < 4.78 is 0. The smallest absolute Gasteiger partial charge is 0.225 e. The molecule has 0 aromatic carbocycles. The van der Waals surface area contributed by atoms with Gasteiger partial charge >= 0.3 is 0 Å². The van der Waals surface area contributed by atoms with E-state index in [0.29, 0.717) is 5.91 Å². The third-order valence-electron chi connectivity index (χ3n) is 3.51. The fraction of sp³-hybridized carbons (Fsp3) is 0.846. The molecule has 3 heteroatoms. The number of carbonyl (C=O) groups is 1. The van der Waals surface area contributed by atoms with Crippen LogP contribution in [0.5, 0.6) is 0 Å². The van der Waals surface area contributed by atoms with Crippen molar-refractivity contribution in [3.63, 3.8) is 0 Å². The Labute approximate surface area is 98.9 Å². The van der Waals surface area contributed by atoms with Gasteiger partial charge in [-0.3, -0.25) is 9.79 Å². The molecule has 3 nitrogen and oxygen atoms in total. The number of hydrogen-bond acceptors (Lipinski definition) is 2. The first-order valence-electron chi connectivity index (χ1n) is 6.35. The molecule has 0 saturated carbocycles. The summed E-state index contributed by atoms with van der Waals surface area (Å²) in [5, 5.41) is 0. The standard InChI is InChI=1S/C13H24N2O/c1-5-7-10(2)13(16)15-9-6-8-12(15)11(3)14-4/h10,12H,5-9H2,1-4H3. The Morgan fingerprint density at radius 3 is 2.81 bits per heavy atom. The fourth-order valence-electron chi connectivity index (χ4n) is 2.45. The van der Waals surface area contributed by atoms with E-state index >= 15 is 0 Å². The highest BCUT2D eigenvalue weighted by molar-refractivity contribution is 5.92. The summed E-state index contributed by atoms with van der Waals surface area (Å²) >= 11 is 0. The summed E-state index contributed by atoms with van der Waals surface area (Å²) in [7, 11) is 1.81. The first-order valence-corrected chi connectivity index (χ1v) is 6.35. The van der Waals surface area contributed by atoms with Crippen LogP contribution in [0.1, 0.15) is 46.5 Å². The van der Waals surface area contributed by atoms with Crippen LogP contribution in [0.15, 0.2) is 4.99 Å². The van der Waals surface area contributed by atoms with Crippen molar-refractivity contribution < 1.29 is 4.79 Å². The maximum absolute atomic E-state index is 12.2. The third kappa shape index (κ3) is 2.83. The van der Waals surface area contributed by atoms with Gasteiger partial charge in [0.2, 0.25) is 5.91 Å². The molecular weight excluding hydrogens is 200 g/mol. The Bertz CT molecular complexity index is 273. The van der Waals surface area contributed by atoms with Crippen LogP contribution in [0.3, 0.4) is 0 Å². The van der Waals surface area contributed by atoms with Crippen molar-refractivity contribution in [2.24, 2.45) is 10.9 Å². The van der Waals surface area contributed by atoms with Crippen LogP contribution in [0.2, 0.25) is 0 Å². The second-order valence-corrected chi connectivity index (χ2v) is 4.74. The van der Waals surface area contributed by atoms with Crippen molar-refractivity contribution in [3.8, 4) is 0 Å². The normalized spacial score (nSPS) is 23.6.